The minimum Gasteiger partial charge on any atom is -0.388 e. The second-order valence-corrected chi connectivity index (χ2v) is 6.15. The summed E-state index contributed by atoms with van der Waals surface area (Å²) >= 11 is 0. The van der Waals surface area contributed by atoms with E-state index in [9.17, 15) is 17.6 Å². The molecule has 1 aromatic heterocycles. The highest BCUT2D eigenvalue weighted by Crippen LogP contribution is 2.56. The number of rotatable bonds is 7. The number of hydrogen-bond acceptors (Lipinski definition) is 5. The van der Waals surface area contributed by atoms with Gasteiger partial charge in [0.25, 0.3) is 0 Å². The molecule has 1 aliphatic heterocycles. The third kappa shape index (κ3) is 5.14. The Morgan fingerprint density at radius 2 is 2.00 bits per heavy atom. The van der Waals surface area contributed by atoms with Gasteiger partial charge in [-0.05, 0) is 30.7 Å². The maximum absolute atomic E-state index is 15.0. The number of nitrogens with two attached hydrogens (primary N) is 2. The average molecular weight is 426 g/mol. The Bertz CT molecular complexity index is 881. The summed E-state index contributed by atoms with van der Waals surface area (Å²) in [6.45, 7) is 2.48. The van der Waals surface area contributed by atoms with E-state index < -0.39 is 28.9 Å². The van der Waals surface area contributed by atoms with Gasteiger partial charge in [0, 0.05) is 24.4 Å². The molecule has 1 atom stereocenters. The van der Waals surface area contributed by atoms with Crippen LogP contribution in [0.4, 0.5) is 17.6 Å². The Morgan fingerprint density at radius 3 is 2.50 bits per heavy atom. The quantitative estimate of drug-likeness (QED) is 0.135. The Balaban J connectivity index is 0.000000735. The zero-order chi connectivity index (χ0) is 22.2. The molecule has 6 nitrogen and oxygen atoms in total. The molecule has 30 heavy (non-hydrogen) atoms. The standard InChI is InChI=1S/C19H17F4NO2.CH5N3/c1-2-25-9-3-4-13-5-8-17(24-11-13)19(22,23)18(12-26-18)15-7-6-14(20)10-16(15)21;2-1-4-3/h3-8,10-11H,2,9,12H2,1H3;1H,3H2,(H2,2,4)/b4-3-;. The lowest BCUT2D eigenvalue weighted by Crippen LogP contribution is -2.34. The molecule has 1 saturated heterocycles. The van der Waals surface area contributed by atoms with Crippen molar-refractivity contribution in [3.63, 3.8) is 0 Å². The molecule has 0 amide bonds. The molecule has 0 aliphatic carbocycles. The molecule has 2 aromatic rings. The zero-order valence-electron chi connectivity index (χ0n) is 16.2. The van der Waals surface area contributed by atoms with Crippen molar-refractivity contribution in [3.8, 4) is 0 Å². The molecule has 10 heteroatoms. The lowest BCUT2D eigenvalue weighted by atomic mass is 9.90. The monoisotopic (exact) mass is 426 g/mol. The van der Waals surface area contributed by atoms with Crippen LogP contribution in [0.5, 0.6) is 0 Å². The molecule has 0 spiro atoms. The summed E-state index contributed by atoms with van der Waals surface area (Å²) in [5.74, 6) is -1.01. The average Bonchev–Trinajstić information content (AvgIpc) is 3.54. The van der Waals surface area contributed by atoms with Crippen molar-refractivity contribution < 1.29 is 27.0 Å². The first-order chi connectivity index (χ1) is 14.3. The largest absolute Gasteiger partial charge is 0.388 e. The van der Waals surface area contributed by atoms with E-state index in [2.05, 4.69) is 21.7 Å². The molecule has 162 valence electrons. The highest BCUT2D eigenvalue weighted by Gasteiger charge is 2.68. The van der Waals surface area contributed by atoms with E-state index in [0.29, 0.717) is 24.8 Å². The predicted octanol–water partition coefficient (Wildman–Crippen LogP) is 3.27. The van der Waals surface area contributed by atoms with Gasteiger partial charge in [0.2, 0.25) is 0 Å². The van der Waals surface area contributed by atoms with Crippen LogP contribution in [0, 0.1) is 11.6 Å². The fourth-order valence-electron chi connectivity index (χ4n) is 2.66. The second kappa shape index (κ2) is 10.2. The molecule has 0 bridgehead atoms. The second-order valence-electron chi connectivity index (χ2n) is 6.15. The van der Waals surface area contributed by atoms with E-state index in [1.807, 2.05) is 6.92 Å². The van der Waals surface area contributed by atoms with E-state index >= 15 is 0 Å². The lowest BCUT2D eigenvalue weighted by Gasteiger charge is -2.24. The third-order valence-corrected chi connectivity index (χ3v) is 4.23. The number of benzene rings is 1. The van der Waals surface area contributed by atoms with E-state index in [4.69, 9.17) is 9.47 Å². The smallest absolute Gasteiger partial charge is 0.324 e. The number of hydrogen-bond donors (Lipinski definition) is 2. The molecule has 4 N–H and O–H groups in total. The van der Waals surface area contributed by atoms with Gasteiger partial charge in [0.15, 0.2) is 5.60 Å². The number of ether oxygens (including phenoxy) is 2. The fourth-order valence-corrected chi connectivity index (χ4v) is 2.66. The number of nitrogens with zero attached hydrogens (tertiary/aromatic N) is 2. The minimum atomic E-state index is -3.57. The summed E-state index contributed by atoms with van der Waals surface area (Å²) in [6.07, 6.45) is 5.77. The first-order valence-corrected chi connectivity index (χ1v) is 8.94. The highest BCUT2D eigenvalue weighted by atomic mass is 19.3. The van der Waals surface area contributed by atoms with Crippen LogP contribution in [-0.4, -0.2) is 31.1 Å². The van der Waals surface area contributed by atoms with Crippen molar-refractivity contribution in [1.29, 1.82) is 0 Å². The van der Waals surface area contributed by atoms with Crippen LogP contribution in [0.25, 0.3) is 6.08 Å². The first kappa shape index (κ1) is 23.3. The summed E-state index contributed by atoms with van der Waals surface area (Å²) < 4.78 is 67.1. The number of pyridine rings is 1. The van der Waals surface area contributed by atoms with Crippen LogP contribution >= 0.6 is 0 Å². The molecule has 1 aromatic carbocycles. The predicted molar refractivity (Wildman–Crippen MR) is 105 cm³/mol. The van der Waals surface area contributed by atoms with Crippen LogP contribution in [0.15, 0.2) is 47.7 Å². The Kier molecular flexibility index (Phi) is 7.90. The normalized spacial score (nSPS) is 18.4. The minimum absolute atomic E-state index is 0.375. The van der Waals surface area contributed by atoms with Gasteiger partial charge in [0.1, 0.15) is 23.7 Å². The maximum atomic E-state index is 15.0. The number of alkyl halides is 2. The molecule has 0 saturated carbocycles. The Hall–Kier alpha value is -2.98. The first-order valence-electron chi connectivity index (χ1n) is 8.94. The SMILES string of the molecule is CCOC/C=C\c1ccc(C(F)(F)C2(c3ccc(F)cc3F)CO2)nc1.N/C=N\N. The van der Waals surface area contributed by atoms with Gasteiger partial charge in [0.05, 0.1) is 13.2 Å². The molecule has 1 fully saturated rings. The maximum Gasteiger partial charge on any atom is 0.324 e. The zero-order valence-corrected chi connectivity index (χ0v) is 16.2. The summed E-state index contributed by atoms with van der Waals surface area (Å²) in [4.78, 5) is 3.81. The van der Waals surface area contributed by atoms with Crippen molar-refractivity contribution in [2.45, 2.75) is 18.4 Å². The fraction of sp³-hybridized carbons (Fsp3) is 0.300. The lowest BCUT2D eigenvalue weighted by molar-refractivity contribution is -0.0901. The number of halogens is 4. The van der Waals surface area contributed by atoms with Gasteiger partial charge in [-0.15, -0.1) is 0 Å². The van der Waals surface area contributed by atoms with Crippen LogP contribution in [0.3, 0.4) is 0 Å². The van der Waals surface area contributed by atoms with Gasteiger partial charge in [-0.2, -0.15) is 13.9 Å². The summed E-state index contributed by atoms with van der Waals surface area (Å²) in [6, 6.07) is 5.13. The molecular formula is C20H22F4N4O2. The van der Waals surface area contributed by atoms with Crippen molar-refractivity contribution >= 4 is 12.4 Å². The van der Waals surface area contributed by atoms with Crippen LogP contribution in [0.1, 0.15) is 23.7 Å². The van der Waals surface area contributed by atoms with E-state index in [0.717, 1.165) is 18.5 Å². The molecule has 3 rings (SSSR count). The van der Waals surface area contributed by atoms with E-state index in [1.54, 1.807) is 12.2 Å². The molecule has 2 heterocycles. The third-order valence-electron chi connectivity index (χ3n) is 4.23. The number of hydrazone groups is 1. The highest BCUT2D eigenvalue weighted by molar-refractivity contribution is 5.50. The van der Waals surface area contributed by atoms with Crippen LogP contribution in [-0.2, 0) is 21.0 Å². The van der Waals surface area contributed by atoms with Crippen molar-refractivity contribution in [3.05, 3.63) is 71.1 Å². The van der Waals surface area contributed by atoms with Gasteiger partial charge in [-0.3, -0.25) is 4.98 Å². The Labute approximate surface area is 171 Å². The molecule has 1 aliphatic rings. The molecular weight excluding hydrogens is 404 g/mol. The molecule has 1 unspecified atom stereocenters. The van der Waals surface area contributed by atoms with Gasteiger partial charge >= 0.3 is 5.92 Å². The topological polar surface area (TPSA) is 99.0 Å². The molecule has 0 radical (unpaired) electrons. The number of epoxide rings is 1. The van der Waals surface area contributed by atoms with E-state index in [1.165, 1.54) is 18.3 Å². The van der Waals surface area contributed by atoms with Crippen molar-refractivity contribution in [2.24, 2.45) is 16.7 Å². The van der Waals surface area contributed by atoms with Crippen LogP contribution < -0.4 is 11.6 Å². The number of aromatic nitrogens is 1. The Morgan fingerprint density at radius 1 is 1.30 bits per heavy atom. The van der Waals surface area contributed by atoms with Crippen LogP contribution in [0.2, 0.25) is 0 Å². The van der Waals surface area contributed by atoms with Gasteiger partial charge in [-0.1, -0.05) is 18.2 Å². The van der Waals surface area contributed by atoms with Gasteiger partial charge < -0.3 is 21.1 Å². The van der Waals surface area contributed by atoms with Gasteiger partial charge in [-0.25, -0.2) is 8.78 Å². The van der Waals surface area contributed by atoms with Crippen molar-refractivity contribution in [1.82, 2.24) is 4.98 Å². The van der Waals surface area contributed by atoms with Crippen molar-refractivity contribution in [2.75, 3.05) is 19.8 Å². The van der Waals surface area contributed by atoms with E-state index in [-0.39, 0.29) is 12.2 Å². The summed E-state index contributed by atoms with van der Waals surface area (Å²) in [5.41, 5.74) is 2.15. The summed E-state index contributed by atoms with van der Waals surface area (Å²) in [7, 11) is 0. The summed E-state index contributed by atoms with van der Waals surface area (Å²) in [5, 5.41) is 2.89.